The number of hydrogen-bond acceptors (Lipinski definition) is 3. The smallest absolute Gasteiger partial charge is 0.158 e. The molecule has 0 aliphatic heterocycles. The highest BCUT2D eigenvalue weighted by Gasteiger charge is 2.10. The van der Waals surface area contributed by atoms with Gasteiger partial charge in [-0.25, -0.2) is 14.6 Å². The Bertz CT molecular complexity index is 750. The Hall–Kier alpha value is -2.01. The summed E-state index contributed by atoms with van der Waals surface area (Å²) in [4.78, 5) is 8.96. The van der Waals surface area contributed by atoms with Gasteiger partial charge in [-0.05, 0) is 21.5 Å². The molecule has 0 radical (unpaired) electrons. The van der Waals surface area contributed by atoms with E-state index in [0.29, 0.717) is 0 Å². The zero-order valence-corrected chi connectivity index (χ0v) is 13.4. The fourth-order valence-corrected chi connectivity index (χ4v) is 2.41. The highest BCUT2D eigenvalue weighted by Crippen LogP contribution is 2.21. The predicted molar refractivity (Wildman–Crippen MR) is 86.4 cm³/mol. The molecule has 5 heteroatoms. The van der Waals surface area contributed by atoms with Crippen LogP contribution in [0, 0.1) is 0 Å². The molecule has 0 saturated heterocycles. The summed E-state index contributed by atoms with van der Waals surface area (Å²) in [6.45, 7) is 4.15. The van der Waals surface area contributed by atoms with Gasteiger partial charge in [-0.2, -0.15) is 5.10 Å². The Kier molecular flexibility index (Phi) is 3.84. The fourth-order valence-electron chi connectivity index (χ4n) is 2.03. The molecule has 0 aliphatic rings. The highest BCUT2D eigenvalue weighted by atomic mass is 79.9. The third-order valence-corrected chi connectivity index (χ3v) is 3.55. The molecule has 0 aliphatic carbocycles. The number of aromatic nitrogens is 4. The zero-order valence-electron chi connectivity index (χ0n) is 11.9. The Morgan fingerprint density at radius 3 is 2.52 bits per heavy atom. The second kappa shape index (κ2) is 5.77. The SMILES string of the molecule is CC(C)c1nc(Br)cc(-n2cc(-c3ccccc3)cn2)n1. The summed E-state index contributed by atoms with van der Waals surface area (Å²) < 4.78 is 2.55. The molecular formula is C16H15BrN4. The van der Waals surface area contributed by atoms with Gasteiger partial charge < -0.3 is 0 Å². The molecule has 21 heavy (non-hydrogen) atoms. The molecule has 3 aromatic rings. The van der Waals surface area contributed by atoms with Crippen molar-refractivity contribution in [2.24, 2.45) is 0 Å². The lowest BCUT2D eigenvalue weighted by Crippen LogP contribution is -2.04. The van der Waals surface area contributed by atoms with Gasteiger partial charge in [-0.1, -0.05) is 44.2 Å². The van der Waals surface area contributed by atoms with Gasteiger partial charge in [0.05, 0.1) is 6.20 Å². The van der Waals surface area contributed by atoms with Crippen LogP contribution in [0.4, 0.5) is 0 Å². The maximum atomic E-state index is 4.57. The Balaban J connectivity index is 2.00. The predicted octanol–water partition coefficient (Wildman–Crippen LogP) is 4.22. The van der Waals surface area contributed by atoms with Gasteiger partial charge in [0.1, 0.15) is 10.4 Å². The molecule has 0 atom stereocenters. The van der Waals surface area contributed by atoms with Crippen molar-refractivity contribution in [1.82, 2.24) is 19.7 Å². The van der Waals surface area contributed by atoms with Crippen LogP contribution < -0.4 is 0 Å². The van der Waals surface area contributed by atoms with Crippen molar-refractivity contribution in [1.29, 1.82) is 0 Å². The van der Waals surface area contributed by atoms with E-state index in [1.54, 1.807) is 4.68 Å². The lowest BCUT2D eigenvalue weighted by atomic mass is 10.1. The number of rotatable bonds is 3. The Labute approximate surface area is 132 Å². The van der Waals surface area contributed by atoms with Gasteiger partial charge in [0.2, 0.25) is 0 Å². The Morgan fingerprint density at radius 1 is 1.05 bits per heavy atom. The summed E-state index contributed by atoms with van der Waals surface area (Å²) in [6, 6.07) is 12.0. The molecule has 106 valence electrons. The van der Waals surface area contributed by atoms with E-state index in [2.05, 4.69) is 57.0 Å². The summed E-state index contributed by atoms with van der Waals surface area (Å²) in [5, 5.41) is 4.41. The molecule has 2 aromatic heterocycles. The zero-order chi connectivity index (χ0) is 14.8. The van der Waals surface area contributed by atoms with Crippen molar-refractivity contribution in [3.8, 4) is 16.9 Å². The first kappa shape index (κ1) is 13.9. The van der Waals surface area contributed by atoms with E-state index in [1.807, 2.05) is 36.7 Å². The largest absolute Gasteiger partial charge is 0.226 e. The molecule has 1 aromatic carbocycles. The molecule has 0 bridgehead atoms. The first-order valence-corrected chi connectivity index (χ1v) is 7.58. The van der Waals surface area contributed by atoms with Crippen LogP contribution in [0.15, 0.2) is 53.4 Å². The average molecular weight is 343 g/mol. The van der Waals surface area contributed by atoms with Gasteiger partial charge >= 0.3 is 0 Å². The molecule has 0 spiro atoms. The molecular weight excluding hydrogens is 328 g/mol. The summed E-state index contributed by atoms with van der Waals surface area (Å²) in [5.41, 5.74) is 2.21. The third kappa shape index (κ3) is 3.03. The quantitative estimate of drug-likeness (QED) is 0.669. The first-order valence-electron chi connectivity index (χ1n) is 6.78. The van der Waals surface area contributed by atoms with E-state index in [-0.39, 0.29) is 5.92 Å². The van der Waals surface area contributed by atoms with Crippen molar-refractivity contribution in [2.45, 2.75) is 19.8 Å². The number of halogens is 1. The second-order valence-electron chi connectivity index (χ2n) is 5.10. The maximum Gasteiger partial charge on any atom is 0.158 e. The fraction of sp³-hybridized carbons (Fsp3) is 0.188. The standard InChI is InChI=1S/C16H15BrN4/c1-11(2)16-19-14(17)8-15(20-16)21-10-13(9-18-21)12-6-4-3-5-7-12/h3-11H,1-2H3. The molecule has 0 N–H and O–H groups in total. The van der Waals surface area contributed by atoms with Crippen molar-refractivity contribution in [3.63, 3.8) is 0 Å². The van der Waals surface area contributed by atoms with Crippen molar-refractivity contribution in [3.05, 3.63) is 59.2 Å². The van der Waals surface area contributed by atoms with Crippen LogP contribution in [-0.2, 0) is 0 Å². The minimum absolute atomic E-state index is 0.269. The maximum absolute atomic E-state index is 4.57. The van der Waals surface area contributed by atoms with Crippen LogP contribution in [0.5, 0.6) is 0 Å². The number of benzene rings is 1. The minimum Gasteiger partial charge on any atom is -0.226 e. The lowest BCUT2D eigenvalue weighted by molar-refractivity contribution is 0.740. The van der Waals surface area contributed by atoms with E-state index < -0.39 is 0 Å². The molecule has 0 amide bonds. The molecule has 0 unspecified atom stereocenters. The minimum atomic E-state index is 0.269. The summed E-state index contributed by atoms with van der Waals surface area (Å²) >= 11 is 3.44. The van der Waals surface area contributed by atoms with Gasteiger partial charge in [0.25, 0.3) is 0 Å². The molecule has 0 saturated carbocycles. The van der Waals surface area contributed by atoms with Crippen LogP contribution in [0.1, 0.15) is 25.6 Å². The normalized spacial score (nSPS) is 11.0. The summed E-state index contributed by atoms with van der Waals surface area (Å²) in [5.74, 6) is 1.84. The molecule has 4 nitrogen and oxygen atoms in total. The molecule has 2 heterocycles. The average Bonchev–Trinajstić information content (AvgIpc) is 2.97. The van der Waals surface area contributed by atoms with Crippen molar-refractivity contribution in [2.75, 3.05) is 0 Å². The van der Waals surface area contributed by atoms with Crippen LogP contribution in [0.2, 0.25) is 0 Å². The van der Waals surface area contributed by atoms with Gasteiger partial charge in [-0.3, -0.25) is 0 Å². The van der Waals surface area contributed by atoms with Crippen molar-refractivity contribution >= 4 is 15.9 Å². The van der Waals surface area contributed by atoms with Crippen LogP contribution in [0.3, 0.4) is 0 Å². The van der Waals surface area contributed by atoms with Crippen molar-refractivity contribution < 1.29 is 0 Å². The van der Waals surface area contributed by atoms with Gasteiger partial charge in [-0.15, -0.1) is 0 Å². The van der Waals surface area contributed by atoms with E-state index in [1.165, 1.54) is 0 Å². The van der Waals surface area contributed by atoms with E-state index >= 15 is 0 Å². The van der Waals surface area contributed by atoms with Gasteiger partial charge in [0, 0.05) is 23.7 Å². The first-order chi connectivity index (χ1) is 10.1. The third-order valence-electron chi connectivity index (χ3n) is 3.14. The van der Waals surface area contributed by atoms with Gasteiger partial charge in [0.15, 0.2) is 5.82 Å². The molecule has 3 rings (SSSR count). The van der Waals surface area contributed by atoms with Crippen LogP contribution in [-0.4, -0.2) is 19.7 Å². The Morgan fingerprint density at radius 2 is 1.81 bits per heavy atom. The number of hydrogen-bond donors (Lipinski definition) is 0. The summed E-state index contributed by atoms with van der Waals surface area (Å²) in [7, 11) is 0. The van der Waals surface area contributed by atoms with E-state index in [9.17, 15) is 0 Å². The van der Waals surface area contributed by atoms with Crippen LogP contribution >= 0.6 is 15.9 Å². The van der Waals surface area contributed by atoms with E-state index in [4.69, 9.17) is 0 Å². The molecule has 0 fully saturated rings. The second-order valence-corrected chi connectivity index (χ2v) is 5.91. The highest BCUT2D eigenvalue weighted by molar-refractivity contribution is 9.10. The number of nitrogens with zero attached hydrogens (tertiary/aromatic N) is 4. The monoisotopic (exact) mass is 342 g/mol. The van der Waals surface area contributed by atoms with Crippen LogP contribution in [0.25, 0.3) is 16.9 Å². The van der Waals surface area contributed by atoms with E-state index in [0.717, 1.165) is 27.4 Å². The summed E-state index contributed by atoms with van der Waals surface area (Å²) in [6.07, 6.45) is 3.83. The topological polar surface area (TPSA) is 43.6 Å². The lowest BCUT2D eigenvalue weighted by Gasteiger charge is -2.07.